The zero-order valence-corrected chi connectivity index (χ0v) is 11.1. The highest BCUT2D eigenvalue weighted by Crippen LogP contribution is 2.19. The highest BCUT2D eigenvalue weighted by atomic mass is 35.5. The highest BCUT2D eigenvalue weighted by Gasteiger charge is 2.15. The Labute approximate surface area is 118 Å². The molecule has 0 aliphatic heterocycles. The molecule has 98 valence electrons. The monoisotopic (exact) mass is 300 g/mol. The van der Waals surface area contributed by atoms with Gasteiger partial charge in [0.2, 0.25) is 0 Å². The molecular weight excluding hydrogens is 293 g/mol. The van der Waals surface area contributed by atoms with Gasteiger partial charge >= 0.3 is 0 Å². The molecule has 2 aromatic carbocycles. The third-order valence-electron chi connectivity index (χ3n) is 2.60. The lowest BCUT2D eigenvalue weighted by Gasteiger charge is -2.05. The largest absolute Gasteiger partial charge is 0.294 e. The molecule has 0 saturated heterocycles. The predicted molar refractivity (Wildman–Crippen MR) is 70.9 cm³/mol. The summed E-state index contributed by atoms with van der Waals surface area (Å²) in [4.78, 5) is 11.9. The van der Waals surface area contributed by atoms with Crippen LogP contribution in [0.5, 0.6) is 0 Å². The topological polar surface area (TPSA) is 17.1 Å². The first kappa shape index (κ1) is 14.0. The van der Waals surface area contributed by atoms with Crippen LogP contribution in [0.15, 0.2) is 36.4 Å². The van der Waals surface area contributed by atoms with E-state index in [1.807, 2.05) is 0 Å². The third kappa shape index (κ3) is 3.31. The van der Waals surface area contributed by atoms with E-state index >= 15 is 0 Å². The number of carbonyl (C=O) groups is 1. The summed E-state index contributed by atoms with van der Waals surface area (Å²) in [6.45, 7) is 0. The fraction of sp³-hybridized carbons (Fsp3) is 0.0714. The normalized spacial score (nSPS) is 10.5. The Bertz CT molecular complexity index is 641. The Hall–Kier alpha value is -1.45. The first-order valence-corrected chi connectivity index (χ1v) is 6.15. The van der Waals surface area contributed by atoms with Crippen molar-refractivity contribution >= 4 is 29.0 Å². The molecule has 0 aliphatic rings. The molecule has 2 rings (SSSR count). The van der Waals surface area contributed by atoms with Gasteiger partial charge in [-0.25, -0.2) is 8.78 Å². The van der Waals surface area contributed by atoms with Crippen LogP contribution in [0, 0.1) is 11.6 Å². The van der Waals surface area contributed by atoms with Crippen molar-refractivity contribution in [2.45, 2.75) is 6.42 Å². The van der Waals surface area contributed by atoms with E-state index in [1.165, 1.54) is 24.3 Å². The number of rotatable bonds is 3. The molecule has 0 spiro atoms. The Kier molecular flexibility index (Phi) is 4.17. The van der Waals surface area contributed by atoms with E-state index < -0.39 is 17.4 Å². The smallest absolute Gasteiger partial charge is 0.170 e. The molecule has 0 atom stereocenters. The van der Waals surface area contributed by atoms with Crippen LogP contribution in [0.4, 0.5) is 8.78 Å². The zero-order chi connectivity index (χ0) is 14.0. The molecule has 0 amide bonds. The Morgan fingerprint density at radius 2 is 1.53 bits per heavy atom. The van der Waals surface area contributed by atoms with Gasteiger partial charge in [-0.05, 0) is 35.9 Å². The Morgan fingerprint density at radius 3 is 2.11 bits per heavy atom. The quantitative estimate of drug-likeness (QED) is 0.751. The summed E-state index contributed by atoms with van der Waals surface area (Å²) < 4.78 is 27.1. The second-order valence-corrected chi connectivity index (χ2v) is 4.83. The minimum atomic E-state index is -0.716. The van der Waals surface area contributed by atoms with Gasteiger partial charge in [0.15, 0.2) is 5.78 Å². The summed E-state index contributed by atoms with van der Waals surface area (Å²) >= 11 is 11.2. The summed E-state index contributed by atoms with van der Waals surface area (Å²) in [5, 5.41) is 0.443. The number of carbonyl (C=O) groups excluding carboxylic acids is 1. The van der Waals surface area contributed by atoms with Gasteiger partial charge in [-0.3, -0.25) is 4.79 Å². The standard InChI is InChI=1S/C14H8Cl2F2O/c15-9-2-1-8(12(17)6-9)5-14(19)11-4-3-10(16)7-13(11)18/h1-4,6-7H,5H2. The molecular formula is C14H8Cl2F2O. The van der Waals surface area contributed by atoms with Crippen LogP contribution < -0.4 is 0 Å². The molecule has 5 heteroatoms. The Morgan fingerprint density at radius 1 is 0.947 bits per heavy atom. The number of Topliss-reactive ketones (excluding diaryl/α,β-unsaturated/α-hetero) is 1. The summed E-state index contributed by atoms with van der Waals surface area (Å²) in [5.74, 6) is -1.82. The van der Waals surface area contributed by atoms with Gasteiger partial charge in [-0.2, -0.15) is 0 Å². The van der Waals surface area contributed by atoms with Crippen LogP contribution in [0.3, 0.4) is 0 Å². The second-order valence-electron chi connectivity index (χ2n) is 3.96. The van der Waals surface area contributed by atoms with Crippen LogP contribution in [0.1, 0.15) is 15.9 Å². The van der Waals surface area contributed by atoms with Gasteiger partial charge in [-0.15, -0.1) is 0 Å². The maximum Gasteiger partial charge on any atom is 0.170 e. The molecule has 0 bridgehead atoms. The highest BCUT2D eigenvalue weighted by molar-refractivity contribution is 6.31. The van der Waals surface area contributed by atoms with E-state index in [0.29, 0.717) is 0 Å². The van der Waals surface area contributed by atoms with E-state index in [-0.39, 0.29) is 27.6 Å². The molecule has 0 unspecified atom stereocenters. The molecule has 0 radical (unpaired) electrons. The molecule has 19 heavy (non-hydrogen) atoms. The summed E-state index contributed by atoms with van der Waals surface area (Å²) in [7, 11) is 0. The van der Waals surface area contributed by atoms with Crippen LogP contribution in [0.2, 0.25) is 10.0 Å². The summed E-state index contributed by atoms with van der Waals surface area (Å²) in [6, 6.07) is 7.74. The molecule has 2 aromatic rings. The van der Waals surface area contributed by atoms with Gasteiger partial charge in [0.1, 0.15) is 11.6 Å². The fourth-order valence-corrected chi connectivity index (χ4v) is 1.97. The number of benzene rings is 2. The van der Waals surface area contributed by atoms with Gasteiger partial charge < -0.3 is 0 Å². The van der Waals surface area contributed by atoms with Crippen molar-refractivity contribution in [1.29, 1.82) is 0 Å². The van der Waals surface area contributed by atoms with Gasteiger partial charge in [0.05, 0.1) is 5.56 Å². The lowest BCUT2D eigenvalue weighted by molar-refractivity contribution is 0.0988. The second kappa shape index (κ2) is 5.68. The van der Waals surface area contributed by atoms with Crippen molar-refractivity contribution in [2.75, 3.05) is 0 Å². The maximum atomic E-state index is 13.5. The SMILES string of the molecule is O=C(Cc1ccc(Cl)cc1F)c1ccc(Cl)cc1F. The maximum absolute atomic E-state index is 13.5. The van der Waals surface area contributed by atoms with Crippen molar-refractivity contribution < 1.29 is 13.6 Å². The molecule has 0 aliphatic carbocycles. The fourth-order valence-electron chi connectivity index (χ4n) is 1.65. The van der Waals surface area contributed by atoms with Crippen LogP contribution >= 0.6 is 23.2 Å². The van der Waals surface area contributed by atoms with Gasteiger partial charge in [0, 0.05) is 16.5 Å². The number of hydrogen-bond acceptors (Lipinski definition) is 1. The molecule has 1 nitrogen and oxygen atoms in total. The summed E-state index contributed by atoms with van der Waals surface area (Å²) in [6.07, 6.45) is -0.235. The van der Waals surface area contributed by atoms with Crippen molar-refractivity contribution in [3.05, 3.63) is 69.2 Å². The molecule has 0 fully saturated rings. The third-order valence-corrected chi connectivity index (χ3v) is 3.07. The van der Waals surface area contributed by atoms with Crippen LogP contribution in [0.25, 0.3) is 0 Å². The van der Waals surface area contributed by atoms with E-state index in [4.69, 9.17) is 23.2 Å². The first-order chi connectivity index (χ1) is 8.97. The first-order valence-electron chi connectivity index (χ1n) is 5.39. The van der Waals surface area contributed by atoms with E-state index in [9.17, 15) is 13.6 Å². The molecule has 0 aromatic heterocycles. The van der Waals surface area contributed by atoms with Crippen molar-refractivity contribution in [3.8, 4) is 0 Å². The average Bonchev–Trinajstić information content (AvgIpc) is 2.32. The Balaban J connectivity index is 2.25. The van der Waals surface area contributed by atoms with E-state index in [2.05, 4.69) is 0 Å². The summed E-state index contributed by atoms with van der Waals surface area (Å²) in [5.41, 5.74) is 0.0579. The molecule has 0 N–H and O–H groups in total. The molecule has 0 heterocycles. The van der Waals surface area contributed by atoms with Crippen molar-refractivity contribution in [1.82, 2.24) is 0 Å². The van der Waals surface area contributed by atoms with Crippen LogP contribution in [-0.4, -0.2) is 5.78 Å². The minimum absolute atomic E-state index is 0.112. The van der Waals surface area contributed by atoms with Crippen molar-refractivity contribution in [3.63, 3.8) is 0 Å². The number of hydrogen-bond donors (Lipinski definition) is 0. The predicted octanol–water partition coefficient (Wildman–Crippen LogP) is 4.70. The molecule has 0 saturated carbocycles. The van der Waals surface area contributed by atoms with Gasteiger partial charge in [-0.1, -0.05) is 29.3 Å². The van der Waals surface area contributed by atoms with Crippen LogP contribution in [-0.2, 0) is 6.42 Å². The lowest BCUT2D eigenvalue weighted by atomic mass is 10.0. The zero-order valence-electron chi connectivity index (χ0n) is 9.59. The number of ketones is 1. The number of halogens is 4. The average molecular weight is 301 g/mol. The van der Waals surface area contributed by atoms with Crippen molar-refractivity contribution in [2.24, 2.45) is 0 Å². The minimum Gasteiger partial charge on any atom is -0.294 e. The van der Waals surface area contributed by atoms with E-state index in [1.54, 1.807) is 0 Å². The van der Waals surface area contributed by atoms with E-state index in [0.717, 1.165) is 12.1 Å². The van der Waals surface area contributed by atoms with Gasteiger partial charge in [0.25, 0.3) is 0 Å². The lowest BCUT2D eigenvalue weighted by Crippen LogP contribution is -2.07.